The van der Waals surface area contributed by atoms with Crippen molar-refractivity contribution in [2.75, 3.05) is 18.4 Å². The molecule has 0 atom stereocenters. The van der Waals surface area contributed by atoms with Crippen molar-refractivity contribution in [1.29, 1.82) is 0 Å². The molecule has 2 heterocycles. The lowest BCUT2D eigenvalue weighted by Gasteiger charge is -2.40. The monoisotopic (exact) mass is 259 g/mol. The van der Waals surface area contributed by atoms with Crippen LogP contribution in [-0.4, -0.2) is 34.9 Å². The summed E-state index contributed by atoms with van der Waals surface area (Å²) in [5, 5.41) is 3.48. The zero-order valence-electron chi connectivity index (χ0n) is 11.6. The first-order chi connectivity index (χ1) is 9.13. The number of rotatable bonds is 4. The minimum absolute atomic E-state index is 0.342. The van der Waals surface area contributed by atoms with E-state index in [0.29, 0.717) is 23.8 Å². The van der Waals surface area contributed by atoms with Gasteiger partial charge >= 0.3 is 0 Å². The highest BCUT2D eigenvalue weighted by atomic mass is 16.2. The summed E-state index contributed by atoms with van der Waals surface area (Å²) in [5.74, 6) is 1.14. The lowest BCUT2D eigenvalue weighted by Crippen LogP contribution is -2.57. The molecule has 1 aromatic rings. The zero-order valence-corrected chi connectivity index (χ0v) is 11.6. The van der Waals surface area contributed by atoms with E-state index in [4.69, 9.17) is 0 Å². The summed E-state index contributed by atoms with van der Waals surface area (Å²) in [4.78, 5) is 18.1. The van der Waals surface area contributed by atoms with Crippen LogP contribution in [0.1, 0.15) is 38.3 Å². The Morgan fingerprint density at radius 1 is 1.42 bits per heavy atom. The first kappa shape index (κ1) is 12.5. The SMILES string of the molecule is CC(C)c1cc(NC2CN(C(=O)C3CC3)C2)ccn1. The average molecular weight is 259 g/mol. The fourth-order valence-electron chi connectivity index (χ4n) is 2.43. The lowest BCUT2D eigenvalue weighted by atomic mass is 10.1. The van der Waals surface area contributed by atoms with Crippen LogP contribution in [0.15, 0.2) is 18.3 Å². The number of aromatic nitrogens is 1. The van der Waals surface area contributed by atoms with Crippen molar-refractivity contribution >= 4 is 11.6 Å². The van der Waals surface area contributed by atoms with Crippen molar-refractivity contribution in [2.24, 2.45) is 5.92 Å². The van der Waals surface area contributed by atoms with Gasteiger partial charge in [-0.2, -0.15) is 0 Å². The van der Waals surface area contributed by atoms with Crippen LogP contribution in [0.25, 0.3) is 0 Å². The van der Waals surface area contributed by atoms with Gasteiger partial charge in [-0.3, -0.25) is 9.78 Å². The molecule has 4 heteroatoms. The van der Waals surface area contributed by atoms with Crippen molar-refractivity contribution in [3.63, 3.8) is 0 Å². The summed E-state index contributed by atoms with van der Waals surface area (Å²) < 4.78 is 0. The second-order valence-corrected chi connectivity index (χ2v) is 5.98. The standard InChI is InChI=1S/C15H21N3O/c1-10(2)14-7-12(5-6-16-14)17-13-8-18(9-13)15(19)11-3-4-11/h5-7,10-11,13H,3-4,8-9H2,1-2H3,(H,16,17). The molecule has 1 saturated carbocycles. The van der Waals surface area contributed by atoms with E-state index in [1.165, 1.54) is 0 Å². The van der Waals surface area contributed by atoms with Gasteiger partial charge in [0.05, 0.1) is 6.04 Å². The quantitative estimate of drug-likeness (QED) is 0.902. The van der Waals surface area contributed by atoms with Crippen LogP contribution in [0, 0.1) is 5.92 Å². The molecule has 4 nitrogen and oxygen atoms in total. The Bertz CT molecular complexity index is 476. The van der Waals surface area contributed by atoms with Gasteiger partial charge in [-0.05, 0) is 30.9 Å². The van der Waals surface area contributed by atoms with Crippen LogP contribution in [0.4, 0.5) is 5.69 Å². The summed E-state index contributed by atoms with van der Waals surface area (Å²) in [6.07, 6.45) is 4.04. The average Bonchev–Trinajstić information content (AvgIpc) is 3.17. The van der Waals surface area contributed by atoms with Gasteiger partial charge in [-0.25, -0.2) is 0 Å². The molecule has 0 unspecified atom stereocenters. The number of hydrogen-bond donors (Lipinski definition) is 1. The molecule has 0 radical (unpaired) electrons. The van der Waals surface area contributed by atoms with Crippen LogP contribution in [-0.2, 0) is 4.79 Å². The van der Waals surface area contributed by atoms with Gasteiger partial charge in [0, 0.05) is 36.6 Å². The predicted molar refractivity (Wildman–Crippen MR) is 75.0 cm³/mol. The topological polar surface area (TPSA) is 45.2 Å². The zero-order chi connectivity index (χ0) is 13.4. The molecule has 1 amide bonds. The van der Waals surface area contributed by atoms with Crippen molar-refractivity contribution in [3.05, 3.63) is 24.0 Å². The fourth-order valence-corrected chi connectivity index (χ4v) is 2.43. The Balaban J connectivity index is 1.53. The summed E-state index contributed by atoms with van der Waals surface area (Å²) in [6.45, 7) is 5.97. The number of anilines is 1. The normalized spacial score (nSPS) is 19.4. The molecule has 1 aliphatic carbocycles. The number of carbonyl (C=O) groups is 1. The van der Waals surface area contributed by atoms with Crippen molar-refractivity contribution in [1.82, 2.24) is 9.88 Å². The van der Waals surface area contributed by atoms with E-state index >= 15 is 0 Å². The number of amides is 1. The van der Waals surface area contributed by atoms with Gasteiger partial charge in [0.15, 0.2) is 0 Å². The Kier molecular flexibility index (Phi) is 3.17. The smallest absolute Gasteiger partial charge is 0.225 e. The maximum absolute atomic E-state index is 11.8. The Labute approximate surface area is 114 Å². The molecule has 1 aromatic heterocycles. The second kappa shape index (κ2) is 4.83. The largest absolute Gasteiger partial charge is 0.379 e. The first-order valence-corrected chi connectivity index (χ1v) is 7.15. The number of carbonyl (C=O) groups excluding carboxylic acids is 1. The predicted octanol–water partition coefficient (Wildman–Crippen LogP) is 2.24. The molecule has 3 rings (SSSR count). The number of pyridine rings is 1. The molecule has 1 N–H and O–H groups in total. The lowest BCUT2D eigenvalue weighted by molar-refractivity contribution is -0.136. The highest BCUT2D eigenvalue weighted by Crippen LogP contribution is 2.32. The first-order valence-electron chi connectivity index (χ1n) is 7.15. The van der Waals surface area contributed by atoms with Gasteiger partial charge in [-0.1, -0.05) is 13.8 Å². The molecule has 0 bridgehead atoms. The minimum atomic E-state index is 0.342. The van der Waals surface area contributed by atoms with Crippen LogP contribution in [0.3, 0.4) is 0 Å². The fraction of sp³-hybridized carbons (Fsp3) is 0.600. The number of likely N-dealkylation sites (tertiary alicyclic amines) is 1. The summed E-state index contributed by atoms with van der Waals surface area (Å²) >= 11 is 0. The third-order valence-corrected chi connectivity index (χ3v) is 3.86. The Hall–Kier alpha value is -1.58. The number of nitrogens with zero attached hydrogens (tertiary/aromatic N) is 2. The molecule has 2 fully saturated rings. The Morgan fingerprint density at radius 2 is 2.16 bits per heavy atom. The van der Waals surface area contributed by atoms with Crippen LogP contribution < -0.4 is 5.32 Å². The minimum Gasteiger partial charge on any atom is -0.379 e. The van der Waals surface area contributed by atoms with Crippen molar-refractivity contribution in [2.45, 2.75) is 38.6 Å². The van der Waals surface area contributed by atoms with Crippen LogP contribution >= 0.6 is 0 Å². The highest BCUT2D eigenvalue weighted by molar-refractivity contribution is 5.82. The maximum Gasteiger partial charge on any atom is 0.225 e. The van der Waals surface area contributed by atoms with Crippen LogP contribution in [0.5, 0.6) is 0 Å². The van der Waals surface area contributed by atoms with Gasteiger partial charge in [-0.15, -0.1) is 0 Å². The van der Waals surface area contributed by atoms with E-state index in [1.54, 1.807) is 0 Å². The summed E-state index contributed by atoms with van der Waals surface area (Å²) in [6, 6.07) is 4.50. The summed E-state index contributed by atoms with van der Waals surface area (Å²) in [5.41, 5.74) is 2.22. The van der Waals surface area contributed by atoms with E-state index in [9.17, 15) is 4.79 Å². The second-order valence-electron chi connectivity index (χ2n) is 5.98. The molecule has 1 saturated heterocycles. The highest BCUT2D eigenvalue weighted by Gasteiger charge is 2.39. The van der Waals surface area contributed by atoms with E-state index in [1.807, 2.05) is 17.2 Å². The van der Waals surface area contributed by atoms with Gasteiger partial charge < -0.3 is 10.2 Å². The Morgan fingerprint density at radius 3 is 2.79 bits per heavy atom. The van der Waals surface area contributed by atoms with Gasteiger partial charge in [0.25, 0.3) is 0 Å². The molecule has 0 spiro atoms. The molecule has 2 aliphatic rings. The molecule has 0 aromatic carbocycles. The summed E-state index contributed by atoms with van der Waals surface area (Å²) in [7, 11) is 0. The van der Waals surface area contributed by atoms with Gasteiger partial charge in [0.1, 0.15) is 0 Å². The van der Waals surface area contributed by atoms with E-state index < -0.39 is 0 Å². The maximum atomic E-state index is 11.8. The molecular weight excluding hydrogens is 238 g/mol. The molecule has 102 valence electrons. The van der Waals surface area contributed by atoms with Gasteiger partial charge in [0.2, 0.25) is 5.91 Å². The van der Waals surface area contributed by atoms with E-state index in [0.717, 1.165) is 37.3 Å². The molecular formula is C15H21N3O. The third-order valence-electron chi connectivity index (χ3n) is 3.86. The van der Waals surface area contributed by atoms with E-state index in [2.05, 4.69) is 30.2 Å². The number of hydrogen-bond acceptors (Lipinski definition) is 3. The number of nitrogens with one attached hydrogen (secondary N) is 1. The van der Waals surface area contributed by atoms with Crippen molar-refractivity contribution in [3.8, 4) is 0 Å². The molecule has 19 heavy (non-hydrogen) atoms. The van der Waals surface area contributed by atoms with E-state index in [-0.39, 0.29) is 0 Å². The molecule has 1 aliphatic heterocycles. The third kappa shape index (κ3) is 2.72. The van der Waals surface area contributed by atoms with Crippen LogP contribution in [0.2, 0.25) is 0 Å². The van der Waals surface area contributed by atoms with Crippen molar-refractivity contribution < 1.29 is 4.79 Å².